The zero-order valence-corrected chi connectivity index (χ0v) is 26.9. The number of primary amides is 1. The van der Waals surface area contributed by atoms with Gasteiger partial charge in [-0.1, -0.05) is 97.3 Å². The van der Waals surface area contributed by atoms with Crippen molar-refractivity contribution in [2.75, 3.05) is 33.4 Å². The lowest BCUT2D eigenvalue weighted by Gasteiger charge is -2.04. The maximum atomic E-state index is 11.3. The largest absolute Gasteiger partial charge is 0.480 e. The van der Waals surface area contributed by atoms with Gasteiger partial charge in [-0.15, -0.1) is 0 Å². The van der Waals surface area contributed by atoms with Crippen LogP contribution in [0.25, 0.3) is 0 Å². The number of aldehydes is 1. The van der Waals surface area contributed by atoms with E-state index in [9.17, 15) is 19.2 Å². The van der Waals surface area contributed by atoms with Crippen LogP contribution in [-0.2, 0) is 24.0 Å². The van der Waals surface area contributed by atoms with Gasteiger partial charge in [0, 0.05) is 26.5 Å². The number of hydrogen-bond donors (Lipinski definition) is 7. The van der Waals surface area contributed by atoms with Crippen LogP contribution in [-0.4, -0.2) is 67.6 Å². The normalized spacial score (nSPS) is 9.74. The Labute approximate surface area is 255 Å². The van der Waals surface area contributed by atoms with Crippen LogP contribution in [0.1, 0.15) is 136 Å². The van der Waals surface area contributed by atoms with E-state index in [1.54, 1.807) is 0 Å². The van der Waals surface area contributed by atoms with Gasteiger partial charge < -0.3 is 30.9 Å². The molecule has 0 spiro atoms. The molecule has 0 aliphatic heterocycles. The van der Waals surface area contributed by atoms with Gasteiger partial charge in [-0.3, -0.25) is 25.7 Å². The number of carbonyl (C=O) groups is 4. The first-order chi connectivity index (χ1) is 20.3. The molecule has 0 aromatic carbocycles. The standard InChI is InChI=1S/C20H37NO4.C7H17NO.C2H7N3O.CH4O/c22-17-15-13-11-9-7-5-3-1-2-4-6-8-10-12-14-16-19(23)21-18-20(24)25;1-3-5-6-8-9-7-4-2;3-2(6)1-5-4;1-2/h17H,1-16,18H2,(H,21,23)(H,24,25);8H,3-7H2,1-2H3;5H,1,4H2,(H2,3,6);2H,1H3. The summed E-state index contributed by atoms with van der Waals surface area (Å²) < 4.78 is 0. The predicted molar refractivity (Wildman–Crippen MR) is 169 cm³/mol. The Bertz CT molecular complexity index is 564. The van der Waals surface area contributed by atoms with E-state index < -0.39 is 11.9 Å². The second kappa shape index (κ2) is 45.9. The Morgan fingerprint density at radius 3 is 1.57 bits per heavy atom. The molecule has 12 heteroatoms. The maximum Gasteiger partial charge on any atom is 0.322 e. The van der Waals surface area contributed by atoms with Crippen LogP contribution in [0.5, 0.6) is 0 Å². The molecule has 0 bridgehead atoms. The highest BCUT2D eigenvalue weighted by atomic mass is 16.6. The Morgan fingerprint density at radius 2 is 1.21 bits per heavy atom. The number of hydrogen-bond acceptors (Lipinski definition) is 9. The molecule has 0 unspecified atom stereocenters. The summed E-state index contributed by atoms with van der Waals surface area (Å²) in [6.45, 7) is 5.84. The zero-order chi connectivity index (χ0) is 32.5. The number of aliphatic hydroxyl groups is 1. The van der Waals surface area contributed by atoms with Crippen molar-refractivity contribution in [3.05, 3.63) is 0 Å². The molecule has 0 rings (SSSR count). The van der Waals surface area contributed by atoms with Crippen molar-refractivity contribution in [3.63, 3.8) is 0 Å². The average Bonchev–Trinajstić information content (AvgIpc) is 2.97. The third-order valence-electron chi connectivity index (χ3n) is 5.73. The zero-order valence-electron chi connectivity index (χ0n) is 26.9. The van der Waals surface area contributed by atoms with E-state index in [2.05, 4.69) is 41.6 Å². The van der Waals surface area contributed by atoms with Crippen LogP contribution in [0, 0.1) is 0 Å². The average molecular weight is 608 g/mol. The number of rotatable bonds is 27. The SMILES string of the molecule is CCCCNOCCC.CO.NNCC(N)=O.O=CCCCCCCCCCCCCCCCCC(=O)NCC(=O)O. The summed E-state index contributed by atoms with van der Waals surface area (Å²) in [5.74, 6) is 3.07. The molecule has 0 atom stereocenters. The van der Waals surface area contributed by atoms with E-state index in [-0.39, 0.29) is 19.0 Å². The molecule has 0 heterocycles. The summed E-state index contributed by atoms with van der Waals surface area (Å²) in [5, 5.41) is 17.8. The van der Waals surface area contributed by atoms with E-state index >= 15 is 0 Å². The molecule has 12 nitrogen and oxygen atoms in total. The molecule has 0 aromatic heterocycles. The molecule has 0 saturated heterocycles. The number of carbonyl (C=O) groups excluding carboxylic acids is 3. The molecule has 0 fully saturated rings. The molecule has 42 heavy (non-hydrogen) atoms. The van der Waals surface area contributed by atoms with Gasteiger partial charge in [-0.2, -0.15) is 0 Å². The molecule has 0 aliphatic rings. The Kier molecular flexibility index (Phi) is 51.1. The second-order valence-corrected chi connectivity index (χ2v) is 9.77. The lowest BCUT2D eigenvalue weighted by atomic mass is 10.0. The van der Waals surface area contributed by atoms with E-state index in [0.717, 1.165) is 65.1 Å². The summed E-state index contributed by atoms with van der Waals surface area (Å²) in [5.41, 5.74) is 9.60. The Balaban J connectivity index is -0.000000345. The molecule has 0 aliphatic carbocycles. The van der Waals surface area contributed by atoms with E-state index in [1.165, 1.54) is 77.0 Å². The van der Waals surface area contributed by atoms with Crippen LogP contribution < -0.4 is 27.8 Å². The first-order valence-electron chi connectivity index (χ1n) is 15.8. The molecule has 0 radical (unpaired) electrons. The number of nitrogens with one attached hydrogen (secondary N) is 3. The van der Waals surface area contributed by atoms with Gasteiger partial charge in [0.2, 0.25) is 11.8 Å². The van der Waals surface area contributed by atoms with Gasteiger partial charge in [0.1, 0.15) is 12.8 Å². The number of nitrogens with two attached hydrogens (primary N) is 2. The molecule has 2 amide bonds. The molecule has 0 saturated carbocycles. The molecule has 252 valence electrons. The van der Waals surface area contributed by atoms with E-state index in [1.807, 2.05) is 0 Å². The first kappa shape index (κ1) is 46.8. The highest BCUT2D eigenvalue weighted by molar-refractivity contribution is 5.80. The third kappa shape index (κ3) is 57.7. The third-order valence-corrected chi connectivity index (χ3v) is 5.73. The van der Waals surface area contributed by atoms with Gasteiger partial charge in [-0.05, 0) is 25.7 Å². The van der Waals surface area contributed by atoms with Gasteiger partial charge in [0.05, 0.1) is 13.2 Å². The van der Waals surface area contributed by atoms with Crippen molar-refractivity contribution in [2.45, 2.75) is 136 Å². The molecular weight excluding hydrogens is 542 g/mol. The highest BCUT2D eigenvalue weighted by Gasteiger charge is 2.03. The van der Waals surface area contributed by atoms with Gasteiger partial charge >= 0.3 is 5.97 Å². The van der Waals surface area contributed by atoms with Crippen molar-refractivity contribution in [3.8, 4) is 0 Å². The number of hydrazine groups is 1. The van der Waals surface area contributed by atoms with Gasteiger partial charge in [0.15, 0.2) is 0 Å². The molecular formula is C30H65N5O7. The number of aliphatic hydroxyl groups excluding tert-OH is 1. The van der Waals surface area contributed by atoms with Crippen LogP contribution in [0.2, 0.25) is 0 Å². The smallest absolute Gasteiger partial charge is 0.322 e. The minimum absolute atomic E-state index is 0.0417. The number of carboxylic acid groups (broad SMARTS) is 1. The maximum absolute atomic E-state index is 11.3. The van der Waals surface area contributed by atoms with Crippen molar-refractivity contribution < 1.29 is 34.2 Å². The number of amides is 2. The summed E-state index contributed by atoms with van der Waals surface area (Å²) >= 11 is 0. The quantitative estimate of drug-likeness (QED) is 0.0310. The van der Waals surface area contributed by atoms with Crippen molar-refractivity contribution in [1.29, 1.82) is 0 Å². The van der Waals surface area contributed by atoms with Crippen LogP contribution in [0.4, 0.5) is 0 Å². The van der Waals surface area contributed by atoms with Gasteiger partial charge in [-0.25, -0.2) is 5.48 Å². The van der Waals surface area contributed by atoms with Gasteiger partial charge in [0.25, 0.3) is 0 Å². The van der Waals surface area contributed by atoms with Crippen molar-refractivity contribution in [2.24, 2.45) is 11.6 Å². The van der Waals surface area contributed by atoms with E-state index in [0.29, 0.717) is 6.42 Å². The molecule has 9 N–H and O–H groups in total. The topological polar surface area (TPSA) is 206 Å². The summed E-state index contributed by atoms with van der Waals surface area (Å²) in [6, 6.07) is 0. The van der Waals surface area contributed by atoms with Crippen molar-refractivity contribution >= 4 is 24.1 Å². The first-order valence-corrected chi connectivity index (χ1v) is 15.8. The summed E-state index contributed by atoms with van der Waals surface area (Å²) in [7, 11) is 1.00. The number of carboxylic acids is 1. The molecule has 0 aromatic rings. The minimum Gasteiger partial charge on any atom is -0.480 e. The van der Waals surface area contributed by atoms with Crippen LogP contribution in [0.15, 0.2) is 0 Å². The predicted octanol–water partition coefficient (Wildman–Crippen LogP) is 3.89. The monoisotopic (exact) mass is 607 g/mol. The Morgan fingerprint density at radius 1 is 0.738 bits per heavy atom. The van der Waals surface area contributed by atoms with E-state index in [4.69, 9.17) is 15.1 Å². The lowest BCUT2D eigenvalue weighted by Crippen LogP contribution is -2.33. The minimum atomic E-state index is -0.997. The second-order valence-electron chi connectivity index (χ2n) is 9.77. The summed E-state index contributed by atoms with van der Waals surface area (Å²) in [6.07, 6.45) is 22.7. The fourth-order valence-electron chi connectivity index (χ4n) is 3.49. The Hall–Kier alpha value is -2.12. The lowest BCUT2D eigenvalue weighted by molar-refractivity contribution is -0.138. The number of unbranched alkanes of at least 4 members (excludes halogenated alkanes) is 15. The van der Waals surface area contributed by atoms with Crippen LogP contribution in [0.3, 0.4) is 0 Å². The summed E-state index contributed by atoms with van der Waals surface area (Å²) in [4.78, 5) is 46.5. The number of hydroxylamine groups is 1. The fraction of sp³-hybridized carbons (Fsp3) is 0.867. The highest BCUT2D eigenvalue weighted by Crippen LogP contribution is 2.13. The fourth-order valence-corrected chi connectivity index (χ4v) is 3.49. The van der Waals surface area contributed by atoms with Crippen molar-refractivity contribution in [1.82, 2.24) is 16.2 Å². The van der Waals surface area contributed by atoms with Crippen LogP contribution >= 0.6 is 0 Å². The number of aliphatic carboxylic acids is 1.